The smallest absolute Gasteiger partial charge is 0.0692 e. The molecule has 1 heterocycles. The molecule has 1 rings (SSSR count). The van der Waals surface area contributed by atoms with Crippen molar-refractivity contribution in [2.24, 2.45) is 0 Å². The maximum Gasteiger partial charge on any atom is 0.0692 e. The molecule has 0 aromatic carbocycles. The van der Waals surface area contributed by atoms with Gasteiger partial charge in [-0.05, 0) is 13.3 Å². The highest BCUT2D eigenvalue weighted by molar-refractivity contribution is 4.81. The van der Waals surface area contributed by atoms with Gasteiger partial charge in [-0.3, -0.25) is 4.90 Å². The van der Waals surface area contributed by atoms with Gasteiger partial charge in [-0.15, -0.1) is 0 Å². The van der Waals surface area contributed by atoms with Gasteiger partial charge in [0.25, 0.3) is 0 Å². The predicted molar refractivity (Wildman–Crippen MR) is 47.8 cm³/mol. The van der Waals surface area contributed by atoms with E-state index in [4.69, 9.17) is 4.74 Å². The molecule has 1 radical (unpaired) electrons. The summed E-state index contributed by atoms with van der Waals surface area (Å²) >= 11 is 0. The van der Waals surface area contributed by atoms with E-state index in [2.05, 4.69) is 11.8 Å². The van der Waals surface area contributed by atoms with Crippen molar-refractivity contribution < 1.29 is 9.84 Å². The van der Waals surface area contributed by atoms with Crippen LogP contribution in [0.5, 0.6) is 0 Å². The zero-order chi connectivity index (χ0) is 8.97. The summed E-state index contributed by atoms with van der Waals surface area (Å²) in [4.78, 5) is 2.18. The van der Waals surface area contributed by atoms with Gasteiger partial charge >= 0.3 is 0 Å². The highest BCUT2D eigenvalue weighted by Gasteiger charge is 2.21. The van der Waals surface area contributed by atoms with Crippen LogP contribution in [0.15, 0.2) is 0 Å². The highest BCUT2D eigenvalue weighted by Crippen LogP contribution is 2.08. The molecule has 1 fully saturated rings. The van der Waals surface area contributed by atoms with Crippen LogP contribution in [0, 0.1) is 6.92 Å². The normalized spacial score (nSPS) is 25.2. The predicted octanol–water partition coefficient (Wildman–Crippen LogP) is 0.292. The molecule has 0 spiro atoms. The molecule has 3 nitrogen and oxygen atoms in total. The van der Waals surface area contributed by atoms with E-state index in [-0.39, 0.29) is 12.1 Å². The first-order valence-electron chi connectivity index (χ1n) is 4.58. The number of hydrogen-bond donors (Lipinski definition) is 1. The second-order valence-electron chi connectivity index (χ2n) is 3.19. The molecule has 1 aliphatic heterocycles. The van der Waals surface area contributed by atoms with Crippen LogP contribution < -0.4 is 0 Å². The summed E-state index contributed by atoms with van der Waals surface area (Å²) in [6, 6.07) is 0.0268. The van der Waals surface area contributed by atoms with Crippen LogP contribution in [-0.4, -0.2) is 48.5 Å². The fourth-order valence-corrected chi connectivity index (χ4v) is 1.42. The third-order valence-electron chi connectivity index (χ3n) is 2.38. The molecule has 0 aliphatic carbocycles. The molecule has 2 atom stereocenters. The third-order valence-corrected chi connectivity index (χ3v) is 2.38. The minimum atomic E-state index is -0.303. The number of morpholine rings is 1. The standard InChI is InChI=1S/C9H18NO2/c1-3-9(11)8(2)10-4-6-12-7-5-10/h8-9,11H,2-7H2,1H3. The lowest BCUT2D eigenvalue weighted by Gasteiger charge is -2.34. The van der Waals surface area contributed by atoms with Crippen LogP contribution in [0.1, 0.15) is 13.3 Å². The van der Waals surface area contributed by atoms with E-state index >= 15 is 0 Å². The lowest BCUT2D eigenvalue weighted by Crippen LogP contribution is -2.47. The van der Waals surface area contributed by atoms with Crippen molar-refractivity contribution in [3.8, 4) is 0 Å². The summed E-state index contributed by atoms with van der Waals surface area (Å²) in [5.41, 5.74) is 0. The highest BCUT2D eigenvalue weighted by atomic mass is 16.5. The van der Waals surface area contributed by atoms with Gasteiger partial charge in [0.05, 0.1) is 19.3 Å². The Morgan fingerprint density at radius 3 is 2.58 bits per heavy atom. The minimum Gasteiger partial charge on any atom is -0.392 e. The van der Waals surface area contributed by atoms with E-state index < -0.39 is 0 Å². The summed E-state index contributed by atoms with van der Waals surface area (Å²) in [5.74, 6) is 0. The van der Waals surface area contributed by atoms with Crippen LogP contribution >= 0.6 is 0 Å². The van der Waals surface area contributed by atoms with Crippen molar-refractivity contribution in [1.29, 1.82) is 0 Å². The number of hydrogen-bond acceptors (Lipinski definition) is 3. The zero-order valence-corrected chi connectivity index (χ0v) is 7.70. The monoisotopic (exact) mass is 172 g/mol. The van der Waals surface area contributed by atoms with E-state index in [1.165, 1.54) is 0 Å². The Hall–Kier alpha value is -0.120. The number of rotatable bonds is 3. The van der Waals surface area contributed by atoms with E-state index in [1.54, 1.807) is 0 Å². The molecule has 0 saturated carbocycles. The molecular weight excluding hydrogens is 154 g/mol. The van der Waals surface area contributed by atoms with Crippen LogP contribution in [0.3, 0.4) is 0 Å². The van der Waals surface area contributed by atoms with Crippen LogP contribution in [0.25, 0.3) is 0 Å². The molecule has 71 valence electrons. The molecule has 0 bridgehead atoms. The second-order valence-corrected chi connectivity index (χ2v) is 3.19. The second kappa shape index (κ2) is 4.80. The van der Waals surface area contributed by atoms with Gasteiger partial charge in [0, 0.05) is 19.1 Å². The Kier molecular flexibility index (Phi) is 3.98. The first kappa shape index (κ1) is 9.96. The van der Waals surface area contributed by atoms with Gasteiger partial charge in [0.2, 0.25) is 0 Å². The number of nitrogens with zero attached hydrogens (tertiary/aromatic N) is 1. The Labute approximate surface area is 74.3 Å². The summed E-state index contributed by atoms with van der Waals surface area (Å²) in [6.07, 6.45) is 0.467. The molecule has 12 heavy (non-hydrogen) atoms. The average Bonchev–Trinajstić information content (AvgIpc) is 2.17. The van der Waals surface area contributed by atoms with Crippen molar-refractivity contribution >= 4 is 0 Å². The summed E-state index contributed by atoms with van der Waals surface area (Å²) in [6.45, 7) is 9.25. The number of aliphatic hydroxyl groups is 1. The van der Waals surface area contributed by atoms with Gasteiger partial charge < -0.3 is 9.84 Å². The Balaban J connectivity index is 2.33. The van der Waals surface area contributed by atoms with Crippen molar-refractivity contribution in [3.05, 3.63) is 6.92 Å². The molecule has 2 unspecified atom stereocenters. The maximum absolute atomic E-state index is 9.53. The minimum absolute atomic E-state index is 0.0268. The Morgan fingerprint density at radius 2 is 2.08 bits per heavy atom. The summed E-state index contributed by atoms with van der Waals surface area (Å²) < 4.78 is 5.21. The SMILES string of the molecule is [CH2]C(C(O)CC)N1CCOCC1. The molecule has 1 saturated heterocycles. The van der Waals surface area contributed by atoms with E-state index in [1.807, 2.05) is 6.92 Å². The van der Waals surface area contributed by atoms with Gasteiger partial charge in [-0.1, -0.05) is 6.92 Å². The van der Waals surface area contributed by atoms with E-state index in [0.29, 0.717) is 0 Å². The molecule has 3 heteroatoms. The molecule has 1 N–H and O–H groups in total. The lowest BCUT2D eigenvalue weighted by atomic mass is 10.1. The quantitative estimate of drug-likeness (QED) is 0.664. The molecule has 0 aromatic heterocycles. The van der Waals surface area contributed by atoms with Gasteiger partial charge in [-0.25, -0.2) is 0 Å². The summed E-state index contributed by atoms with van der Waals surface area (Å²) in [5, 5.41) is 9.53. The van der Waals surface area contributed by atoms with E-state index in [9.17, 15) is 5.11 Å². The van der Waals surface area contributed by atoms with Gasteiger partial charge in [0.15, 0.2) is 0 Å². The van der Waals surface area contributed by atoms with Crippen molar-refractivity contribution in [2.75, 3.05) is 26.3 Å². The molecule has 1 aliphatic rings. The largest absolute Gasteiger partial charge is 0.392 e. The first-order chi connectivity index (χ1) is 5.75. The van der Waals surface area contributed by atoms with Gasteiger partial charge in [-0.2, -0.15) is 0 Å². The van der Waals surface area contributed by atoms with E-state index in [0.717, 1.165) is 32.7 Å². The topological polar surface area (TPSA) is 32.7 Å². The third kappa shape index (κ3) is 2.44. The van der Waals surface area contributed by atoms with Crippen LogP contribution in [-0.2, 0) is 4.74 Å². The average molecular weight is 172 g/mol. The number of ether oxygens (including phenoxy) is 1. The van der Waals surface area contributed by atoms with Gasteiger partial charge in [0.1, 0.15) is 0 Å². The molecule has 0 amide bonds. The van der Waals surface area contributed by atoms with Crippen molar-refractivity contribution in [3.63, 3.8) is 0 Å². The van der Waals surface area contributed by atoms with Crippen molar-refractivity contribution in [2.45, 2.75) is 25.5 Å². The van der Waals surface area contributed by atoms with Crippen LogP contribution in [0.4, 0.5) is 0 Å². The Morgan fingerprint density at radius 1 is 1.50 bits per heavy atom. The molecule has 0 aromatic rings. The molecular formula is C9H18NO2. The lowest BCUT2D eigenvalue weighted by molar-refractivity contribution is -0.00859. The van der Waals surface area contributed by atoms with Crippen LogP contribution in [0.2, 0.25) is 0 Å². The number of aliphatic hydroxyl groups excluding tert-OH is 1. The summed E-state index contributed by atoms with van der Waals surface area (Å²) in [7, 11) is 0. The first-order valence-corrected chi connectivity index (χ1v) is 4.58. The van der Waals surface area contributed by atoms with Crippen molar-refractivity contribution in [1.82, 2.24) is 4.90 Å². The fraction of sp³-hybridized carbons (Fsp3) is 0.889. The zero-order valence-electron chi connectivity index (χ0n) is 7.70. The fourth-order valence-electron chi connectivity index (χ4n) is 1.42. The maximum atomic E-state index is 9.53. The Bertz CT molecular complexity index is 124.